The van der Waals surface area contributed by atoms with Crippen LogP contribution in [-0.2, 0) is 72.5 Å². The van der Waals surface area contributed by atoms with Crippen LogP contribution in [0.2, 0.25) is 0 Å². The highest BCUT2D eigenvalue weighted by atomic mass is 31.2. The first-order chi connectivity index (χ1) is 25.7. The number of aliphatic hydroxyl groups excluding tert-OH is 2. The van der Waals surface area contributed by atoms with Crippen molar-refractivity contribution in [3.63, 3.8) is 0 Å². The molecule has 18 nitrogen and oxygen atoms in total. The largest absolute Gasteiger partial charge is 0.475 e. The maximum atomic E-state index is 14.5. The van der Waals surface area contributed by atoms with Gasteiger partial charge in [-0.1, -0.05) is 104 Å². The molecule has 0 bridgehead atoms. The molecule has 0 amide bonds. The minimum absolute atomic E-state index is 0.0571. The predicted octanol–water partition coefficient (Wildman–Crippen LogP) is 8.89. The molecule has 22 heteroatoms. The predicted molar refractivity (Wildman–Crippen MR) is 201 cm³/mol. The van der Waals surface area contributed by atoms with E-state index in [4.69, 9.17) is 54.3 Å². The van der Waals surface area contributed by atoms with E-state index in [9.17, 15) is 28.5 Å². The molecule has 1 rings (SSSR count). The number of hydrogen-bond donors (Lipinski definition) is 2. The summed E-state index contributed by atoms with van der Waals surface area (Å²) in [5, 5.41) is 23.2. The van der Waals surface area contributed by atoms with Crippen molar-refractivity contribution in [3.05, 3.63) is 0 Å². The molecule has 0 aromatic carbocycles. The van der Waals surface area contributed by atoms with Gasteiger partial charge in [0.05, 0.1) is 13.2 Å². The summed E-state index contributed by atoms with van der Waals surface area (Å²) in [7, 11) is -12.3. The van der Waals surface area contributed by atoms with Crippen LogP contribution in [0, 0.1) is 0 Å². The van der Waals surface area contributed by atoms with E-state index in [-0.39, 0.29) is 13.2 Å². The third-order valence-electron chi connectivity index (χ3n) is 8.83. The van der Waals surface area contributed by atoms with Crippen molar-refractivity contribution in [2.24, 2.45) is 0 Å². The van der Waals surface area contributed by atoms with Crippen molar-refractivity contribution in [1.29, 1.82) is 0 Å². The molecule has 324 valence electrons. The molecule has 0 radical (unpaired) electrons. The summed E-state index contributed by atoms with van der Waals surface area (Å²) in [5.74, 6) is 0. The first-order valence-electron chi connectivity index (χ1n) is 18.8. The molecule has 1 aliphatic carbocycles. The Morgan fingerprint density at radius 1 is 0.370 bits per heavy atom. The molecular formula is C32H68O18P4. The highest BCUT2D eigenvalue weighted by Gasteiger charge is 2.60. The fourth-order valence-corrected chi connectivity index (χ4v) is 9.68. The molecule has 0 saturated heterocycles. The van der Waals surface area contributed by atoms with Crippen molar-refractivity contribution < 1.29 is 82.8 Å². The molecule has 0 aliphatic heterocycles. The van der Waals surface area contributed by atoms with Gasteiger partial charge in [0.25, 0.3) is 0 Å². The van der Waals surface area contributed by atoms with Crippen molar-refractivity contribution in [1.82, 2.24) is 0 Å². The maximum absolute atomic E-state index is 14.5. The van der Waals surface area contributed by atoms with Crippen LogP contribution in [0.25, 0.3) is 0 Å². The number of phosphoric ester groups is 4. The molecule has 1 saturated carbocycles. The van der Waals surface area contributed by atoms with E-state index in [0.29, 0.717) is 12.8 Å². The van der Waals surface area contributed by atoms with Crippen LogP contribution < -0.4 is 0 Å². The number of rotatable bonds is 34. The van der Waals surface area contributed by atoms with Gasteiger partial charge in [0.2, 0.25) is 0 Å². The Bertz CT molecular complexity index is 1090. The van der Waals surface area contributed by atoms with Crippen LogP contribution in [0.1, 0.15) is 117 Å². The SMILES string of the molecule is CCCCCCCCCCOP(=O)(OCCCCCCCCCC)OC1[C@@H](OP(=O)(OC)OC)[C@H](O)C(OP(=O)(OC)OC)[C@H](O)[C@H]1OP(=O)(OC)OC. The molecule has 0 heterocycles. The smallest absolute Gasteiger partial charge is 0.387 e. The number of aliphatic hydroxyl groups is 2. The summed E-state index contributed by atoms with van der Waals surface area (Å²) < 4.78 is 118. The minimum atomic E-state index is -4.66. The summed E-state index contributed by atoms with van der Waals surface area (Å²) in [6.45, 7) is 4.19. The van der Waals surface area contributed by atoms with Gasteiger partial charge in [-0.3, -0.25) is 54.3 Å². The Labute approximate surface area is 322 Å². The van der Waals surface area contributed by atoms with Gasteiger partial charge in [-0.15, -0.1) is 0 Å². The van der Waals surface area contributed by atoms with Crippen LogP contribution in [-0.4, -0.2) is 103 Å². The first-order valence-corrected chi connectivity index (χ1v) is 24.7. The van der Waals surface area contributed by atoms with Crippen molar-refractivity contribution in [3.8, 4) is 0 Å². The van der Waals surface area contributed by atoms with E-state index < -0.39 is 67.9 Å². The zero-order chi connectivity index (χ0) is 40.7. The van der Waals surface area contributed by atoms with Gasteiger partial charge in [-0.25, -0.2) is 18.3 Å². The highest BCUT2D eigenvalue weighted by Crippen LogP contribution is 2.60. The molecule has 0 spiro atoms. The van der Waals surface area contributed by atoms with Crippen molar-refractivity contribution >= 4 is 31.3 Å². The fourth-order valence-electron chi connectivity index (χ4n) is 5.64. The van der Waals surface area contributed by atoms with Gasteiger partial charge in [-0.05, 0) is 12.8 Å². The fraction of sp³-hybridized carbons (Fsp3) is 1.00. The molecule has 2 unspecified atom stereocenters. The summed E-state index contributed by atoms with van der Waals surface area (Å²) in [4.78, 5) is 0. The Balaban J connectivity index is 3.53. The van der Waals surface area contributed by atoms with Gasteiger partial charge >= 0.3 is 31.3 Å². The van der Waals surface area contributed by atoms with E-state index in [1.165, 1.54) is 12.8 Å². The quantitative estimate of drug-likeness (QED) is 0.0455. The second-order valence-corrected chi connectivity index (χ2v) is 19.9. The summed E-state index contributed by atoms with van der Waals surface area (Å²) in [6, 6.07) is 0. The Morgan fingerprint density at radius 2 is 0.630 bits per heavy atom. The Morgan fingerprint density at radius 3 is 0.926 bits per heavy atom. The lowest BCUT2D eigenvalue weighted by Gasteiger charge is -2.47. The molecule has 0 aromatic heterocycles. The lowest BCUT2D eigenvalue weighted by molar-refractivity contribution is -0.211. The van der Waals surface area contributed by atoms with Crippen LogP contribution >= 0.6 is 31.3 Å². The van der Waals surface area contributed by atoms with Gasteiger partial charge in [0, 0.05) is 42.7 Å². The molecule has 0 aromatic rings. The standard InChI is InChI=1S/C32H68O18P4/c1-9-11-13-15-17-19-21-23-25-45-54(38,46-26-24-22-20-18-16-14-12-10-2)50-32-30(48-52(36,41-5)42-6)27(33)29(47-51(35,39-3)40-4)28(34)31(32)49-53(37,43-7)44-8/h27-34H,9-26H2,1-8H3/t27-,28+,29?,30+,31-,32?. The zero-order valence-electron chi connectivity index (χ0n) is 33.4. The van der Waals surface area contributed by atoms with Crippen LogP contribution in [0.5, 0.6) is 0 Å². The highest BCUT2D eigenvalue weighted by molar-refractivity contribution is 7.49. The molecule has 6 atom stereocenters. The summed E-state index contributed by atoms with van der Waals surface area (Å²) >= 11 is 0. The summed E-state index contributed by atoms with van der Waals surface area (Å²) in [6.07, 6.45) is 3.37. The second-order valence-electron chi connectivity index (χ2n) is 12.8. The lowest BCUT2D eigenvalue weighted by Crippen LogP contribution is -2.65. The van der Waals surface area contributed by atoms with E-state index in [1.54, 1.807) is 0 Å². The van der Waals surface area contributed by atoms with Crippen LogP contribution in [0.4, 0.5) is 0 Å². The third-order valence-corrected chi connectivity index (χ3v) is 14.5. The van der Waals surface area contributed by atoms with Crippen LogP contribution in [0.15, 0.2) is 0 Å². The topological polar surface area (TPSA) is 219 Å². The number of unbranched alkanes of at least 4 members (excludes halogenated alkanes) is 14. The number of hydrogen-bond acceptors (Lipinski definition) is 18. The zero-order valence-corrected chi connectivity index (χ0v) is 37.0. The monoisotopic (exact) mass is 864 g/mol. The van der Waals surface area contributed by atoms with E-state index in [0.717, 1.165) is 120 Å². The maximum Gasteiger partial charge on any atom is 0.475 e. The van der Waals surface area contributed by atoms with Gasteiger partial charge in [0.15, 0.2) is 0 Å². The van der Waals surface area contributed by atoms with Crippen molar-refractivity contribution in [2.75, 3.05) is 55.9 Å². The van der Waals surface area contributed by atoms with Gasteiger partial charge in [-0.2, -0.15) is 0 Å². The molecule has 1 fully saturated rings. The first kappa shape index (κ1) is 52.4. The van der Waals surface area contributed by atoms with E-state index >= 15 is 0 Å². The Hall–Kier alpha value is 0.360. The Kier molecular flexibility index (Phi) is 27.1. The number of phosphoric acid groups is 4. The lowest BCUT2D eigenvalue weighted by atomic mass is 9.85. The molecule has 2 N–H and O–H groups in total. The van der Waals surface area contributed by atoms with Gasteiger partial charge in [0.1, 0.15) is 36.6 Å². The molecule has 1 aliphatic rings. The normalized spacial score (nSPS) is 22.9. The van der Waals surface area contributed by atoms with Gasteiger partial charge < -0.3 is 10.2 Å². The second kappa shape index (κ2) is 27.9. The van der Waals surface area contributed by atoms with E-state index in [1.807, 2.05) is 0 Å². The average Bonchev–Trinajstić information content (AvgIpc) is 3.18. The molecular weight excluding hydrogens is 796 g/mol. The molecule has 54 heavy (non-hydrogen) atoms. The van der Waals surface area contributed by atoms with Crippen molar-refractivity contribution in [2.45, 2.75) is 153 Å². The third kappa shape index (κ3) is 18.5. The average molecular weight is 865 g/mol. The summed E-state index contributed by atoms with van der Waals surface area (Å²) in [5.41, 5.74) is 0. The minimum Gasteiger partial charge on any atom is -0.387 e. The van der Waals surface area contributed by atoms with E-state index in [2.05, 4.69) is 13.8 Å². The van der Waals surface area contributed by atoms with Crippen LogP contribution in [0.3, 0.4) is 0 Å².